The number of carbonyl (C=O) groups excluding carboxylic acids is 1. The molecule has 1 saturated carbocycles. The third-order valence-electron chi connectivity index (χ3n) is 4.31. The third-order valence-corrected chi connectivity index (χ3v) is 4.31. The van der Waals surface area contributed by atoms with Gasteiger partial charge in [0.15, 0.2) is 0 Å². The summed E-state index contributed by atoms with van der Waals surface area (Å²) in [6, 6.07) is 5.84. The van der Waals surface area contributed by atoms with Gasteiger partial charge in [0.2, 0.25) is 5.91 Å². The Kier molecular flexibility index (Phi) is 5.03. The summed E-state index contributed by atoms with van der Waals surface area (Å²) in [4.78, 5) is 12.5. The average molecular weight is 284 g/mol. The summed E-state index contributed by atoms with van der Waals surface area (Å²) < 4.78 is 0. The number of hydrogen-bond donors (Lipinski definition) is 2. The van der Waals surface area contributed by atoms with E-state index in [1.54, 1.807) is 0 Å². The Balaban J connectivity index is 2.10. The Morgan fingerprint density at radius 1 is 1.33 bits per heavy atom. The van der Waals surface area contributed by atoms with Crippen molar-refractivity contribution in [3.05, 3.63) is 29.3 Å². The van der Waals surface area contributed by atoms with Crippen molar-refractivity contribution in [2.75, 3.05) is 11.9 Å². The Morgan fingerprint density at radius 3 is 2.67 bits per heavy atom. The molecular formula is C18H24N2O. The van der Waals surface area contributed by atoms with Crippen LogP contribution in [0.1, 0.15) is 50.2 Å². The molecule has 1 fully saturated rings. The normalized spacial score (nSPS) is 16.7. The fraction of sp³-hybridized carbons (Fsp3) is 0.500. The van der Waals surface area contributed by atoms with Crippen molar-refractivity contribution in [3.8, 4) is 11.8 Å². The highest BCUT2D eigenvalue weighted by Gasteiger charge is 2.34. The van der Waals surface area contributed by atoms with Crippen LogP contribution in [-0.2, 0) is 4.79 Å². The van der Waals surface area contributed by atoms with Crippen LogP contribution in [-0.4, -0.2) is 12.5 Å². The molecule has 3 nitrogen and oxygen atoms in total. The second-order valence-corrected chi connectivity index (χ2v) is 6.11. The molecule has 0 aromatic heterocycles. The van der Waals surface area contributed by atoms with Crippen molar-refractivity contribution in [3.63, 3.8) is 0 Å². The molecule has 2 rings (SSSR count). The number of rotatable bonds is 2. The van der Waals surface area contributed by atoms with E-state index in [2.05, 4.69) is 24.1 Å². The van der Waals surface area contributed by atoms with E-state index in [1.807, 2.05) is 25.1 Å². The Bertz CT molecular complexity index is 575. The van der Waals surface area contributed by atoms with Gasteiger partial charge in [-0.2, -0.15) is 0 Å². The summed E-state index contributed by atoms with van der Waals surface area (Å²) >= 11 is 0. The Morgan fingerprint density at radius 2 is 2.05 bits per heavy atom. The lowest BCUT2D eigenvalue weighted by atomic mass is 9.75. The van der Waals surface area contributed by atoms with Gasteiger partial charge in [0.05, 0.1) is 6.54 Å². The lowest BCUT2D eigenvalue weighted by Crippen LogP contribution is -2.35. The van der Waals surface area contributed by atoms with Crippen molar-refractivity contribution in [1.29, 1.82) is 0 Å². The highest BCUT2D eigenvalue weighted by atomic mass is 16.2. The second-order valence-electron chi connectivity index (χ2n) is 6.11. The summed E-state index contributed by atoms with van der Waals surface area (Å²) in [5.74, 6) is 5.99. The Hall–Kier alpha value is -1.79. The van der Waals surface area contributed by atoms with Gasteiger partial charge in [-0.05, 0) is 43.5 Å². The molecule has 112 valence electrons. The average Bonchev–Trinajstić information content (AvgIpc) is 2.48. The molecule has 0 aliphatic heterocycles. The number of aryl methyl sites for hydroxylation is 1. The fourth-order valence-corrected chi connectivity index (χ4v) is 2.87. The predicted molar refractivity (Wildman–Crippen MR) is 86.9 cm³/mol. The largest absolute Gasteiger partial charge is 0.325 e. The lowest BCUT2D eigenvalue weighted by molar-refractivity contribution is -0.126. The maximum Gasteiger partial charge on any atom is 0.230 e. The quantitative estimate of drug-likeness (QED) is 0.819. The van der Waals surface area contributed by atoms with E-state index in [0.717, 1.165) is 42.5 Å². The molecule has 0 saturated heterocycles. The molecule has 0 atom stereocenters. The van der Waals surface area contributed by atoms with E-state index in [0.29, 0.717) is 6.54 Å². The summed E-state index contributed by atoms with van der Waals surface area (Å²) in [5.41, 5.74) is 8.00. The topological polar surface area (TPSA) is 55.1 Å². The molecule has 1 amide bonds. The van der Waals surface area contributed by atoms with Crippen molar-refractivity contribution in [2.45, 2.75) is 46.0 Å². The first-order valence-corrected chi connectivity index (χ1v) is 7.66. The summed E-state index contributed by atoms with van der Waals surface area (Å²) in [6.45, 7) is 4.43. The molecule has 1 aliphatic rings. The number of benzene rings is 1. The maximum atomic E-state index is 12.5. The molecule has 0 radical (unpaired) electrons. The third kappa shape index (κ3) is 3.86. The molecule has 0 unspecified atom stereocenters. The number of hydrogen-bond acceptors (Lipinski definition) is 2. The van der Waals surface area contributed by atoms with Crippen LogP contribution < -0.4 is 11.1 Å². The summed E-state index contributed by atoms with van der Waals surface area (Å²) in [7, 11) is 0. The first kappa shape index (κ1) is 15.6. The van der Waals surface area contributed by atoms with Crippen LogP contribution in [0.5, 0.6) is 0 Å². The van der Waals surface area contributed by atoms with Gasteiger partial charge in [0.25, 0.3) is 0 Å². The minimum Gasteiger partial charge on any atom is -0.325 e. The van der Waals surface area contributed by atoms with Crippen LogP contribution >= 0.6 is 0 Å². The van der Waals surface area contributed by atoms with E-state index in [-0.39, 0.29) is 11.3 Å². The number of nitrogens with one attached hydrogen (secondary N) is 1. The van der Waals surface area contributed by atoms with Gasteiger partial charge >= 0.3 is 0 Å². The first-order chi connectivity index (χ1) is 10.0. The number of nitrogens with two attached hydrogens (primary N) is 1. The van der Waals surface area contributed by atoms with Crippen LogP contribution in [0.4, 0.5) is 5.69 Å². The van der Waals surface area contributed by atoms with E-state index in [9.17, 15) is 4.79 Å². The van der Waals surface area contributed by atoms with Crippen LogP contribution in [0.2, 0.25) is 0 Å². The van der Waals surface area contributed by atoms with Crippen molar-refractivity contribution in [2.24, 2.45) is 11.1 Å². The van der Waals surface area contributed by atoms with Gasteiger partial charge in [-0.3, -0.25) is 4.79 Å². The maximum absolute atomic E-state index is 12.5. The van der Waals surface area contributed by atoms with Crippen LogP contribution in [0, 0.1) is 24.2 Å². The van der Waals surface area contributed by atoms with Crippen LogP contribution in [0.25, 0.3) is 0 Å². The molecule has 1 aromatic rings. The first-order valence-electron chi connectivity index (χ1n) is 7.66. The highest BCUT2D eigenvalue weighted by Crippen LogP contribution is 2.37. The second kappa shape index (κ2) is 6.78. The minimum atomic E-state index is -0.220. The van der Waals surface area contributed by atoms with E-state index >= 15 is 0 Å². The molecule has 0 heterocycles. The van der Waals surface area contributed by atoms with E-state index < -0.39 is 0 Å². The standard InChI is InChI=1S/C18H24N2O/c1-14-13-15(7-6-12-19)8-9-16(14)20-17(21)18(2)10-4-3-5-11-18/h8-9,13H,3-5,10-12,19H2,1-2H3,(H,20,21). The van der Waals surface area contributed by atoms with E-state index in [1.165, 1.54) is 6.42 Å². The molecule has 3 heteroatoms. The monoisotopic (exact) mass is 284 g/mol. The molecule has 0 spiro atoms. The highest BCUT2D eigenvalue weighted by molar-refractivity contribution is 5.95. The fourth-order valence-electron chi connectivity index (χ4n) is 2.87. The van der Waals surface area contributed by atoms with Crippen LogP contribution in [0.3, 0.4) is 0 Å². The van der Waals surface area contributed by atoms with Crippen molar-refractivity contribution < 1.29 is 4.79 Å². The van der Waals surface area contributed by atoms with Gasteiger partial charge in [0, 0.05) is 16.7 Å². The summed E-state index contributed by atoms with van der Waals surface area (Å²) in [5, 5.41) is 3.09. The smallest absolute Gasteiger partial charge is 0.230 e. The number of carbonyl (C=O) groups is 1. The summed E-state index contributed by atoms with van der Waals surface area (Å²) in [6.07, 6.45) is 5.51. The molecule has 1 aliphatic carbocycles. The zero-order chi connectivity index (χ0) is 15.3. The SMILES string of the molecule is Cc1cc(C#CCN)ccc1NC(=O)C1(C)CCCCC1. The number of anilines is 1. The minimum absolute atomic E-state index is 0.145. The zero-order valence-corrected chi connectivity index (χ0v) is 13.0. The van der Waals surface area contributed by atoms with Gasteiger partial charge in [-0.25, -0.2) is 0 Å². The van der Waals surface area contributed by atoms with Crippen molar-refractivity contribution in [1.82, 2.24) is 0 Å². The zero-order valence-electron chi connectivity index (χ0n) is 13.0. The molecular weight excluding hydrogens is 260 g/mol. The number of amides is 1. The molecule has 3 N–H and O–H groups in total. The molecule has 21 heavy (non-hydrogen) atoms. The van der Waals surface area contributed by atoms with Gasteiger partial charge in [-0.15, -0.1) is 0 Å². The Labute approximate surface area is 127 Å². The predicted octanol–water partition coefficient (Wildman–Crippen LogP) is 3.21. The van der Waals surface area contributed by atoms with Gasteiger partial charge < -0.3 is 11.1 Å². The van der Waals surface area contributed by atoms with Gasteiger partial charge in [-0.1, -0.05) is 38.0 Å². The molecule has 0 bridgehead atoms. The van der Waals surface area contributed by atoms with Crippen LogP contribution in [0.15, 0.2) is 18.2 Å². The lowest BCUT2D eigenvalue weighted by Gasteiger charge is -2.32. The molecule has 1 aromatic carbocycles. The van der Waals surface area contributed by atoms with E-state index in [4.69, 9.17) is 5.73 Å². The van der Waals surface area contributed by atoms with Gasteiger partial charge in [0.1, 0.15) is 0 Å². The van der Waals surface area contributed by atoms with Crippen molar-refractivity contribution >= 4 is 11.6 Å².